The third-order valence-electron chi connectivity index (χ3n) is 3.38. The summed E-state index contributed by atoms with van der Waals surface area (Å²) in [5.74, 6) is 0.439. The molecule has 0 bridgehead atoms. The lowest BCUT2D eigenvalue weighted by molar-refractivity contribution is -0.111. The van der Waals surface area contributed by atoms with E-state index in [4.69, 9.17) is 18.9 Å². The predicted octanol–water partition coefficient (Wildman–Crippen LogP) is 1.00. The first-order valence-electron chi connectivity index (χ1n) is 6.09. The fourth-order valence-corrected chi connectivity index (χ4v) is 2.57. The Morgan fingerprint density at radius 1 is 1.12 bits per heavy atom. The largest absolute Gasteiger partial charge is 0.393 e. The Balaban J connectivity index is 2.49. The average molecular weight is 248 g/mol. The normalized spacial score (nSPS) is 33.2. The van der Waals surface area contributed by atoms with Crippen LogP contribution in [0.15, 0.2) is 0 Å². The first-order chi connectivity index (χ1) is 8.24. The van der Waals surface area contributed by atoms with Gasteiger partial charge in [-0.25, -0.2) is 0 Å². The summed E-state index contributed by atoms with van der Waals surface area (Å²) in [5, 5.41) is 9.98. The van der Waals surface area contributed by atoms with Crippen LogP contribution in [0.2, 0.25) is 0 Å². The van der Waals surface area contributed by atoms with Gasteiger partial charge in [0.05, 0.1) is 18.8 Å². The molecule has 0 aliphatic heterocycles. The molecule has 1 aliphatic carbocycles. The highest BCUT2D eigenvalue weighted by molar-refractivity contribution is 4.91. The molecule has 102 valence electrons. The van der Waals surface area contributed by atoms with E-state index in [0.29, 0.717) is 13.0 Å². The lowest BCUT2D eigenvalue weighted by Crippen LogP contribution is -2.28. The number of ether oxygens (including phenoxy) is 4. The van der Waals surface area contributed by atoms with Gasteiger partial charge in [-0.05, 0) is 5.92 Å². The van der Waals surface area contributed by atoms with Crippen LogP contribution in [0.4, 0.5) is 0 Å². The fourth-order valence-electron chi connectivity index (χ4n) is 2.57. The molecule has 0 aromatic heterocycles. The molecule has 0 heterocycles. The Hall–Kier alpha value is -0.200. The molecule has 1 rings (SSSR count). The molecule has 1 N–H and O–H groups in total. The van der Waals surface area contributed by atoms with Gasteiger partial charge in [-0.1, -0.05) is 13.3 Å². The van der Waals surface area contributed by atoms with Crippen LogP contribution < -0.4 is 0 Å². The summed E-state index contributed by atoms with van der Waals surface area (Å²) in [6.07, 6.45) is 1.28. The van der Waals surface area contributed by atoms with Gasteiger partial charge in [0.15, 0.2) is 0 Å². The lowest BCUT2D eigenvalue weighted by atomic mass is 9.92. The first kappa shape index (κ1) is 14.9. The van der Waals surface area contributed by atoms with Crippen molar-refractivity contribution in [1.29, 1.82) is 0 Å². The number of rotatable bonds is 8. The Morgan fingerprint density at radius 2 is 1.82 bits per heavy atom. The third kappa shape index (κ3) is 4.19. The minimum absolute atomic E-state index is 0.00626. The van der Waals surface area contributed by atoms with Gasteiger partial charge >= 0.3 is 0 Å². The maximum absolute atomic E-state index is 9.98. The molecule has 1 fully saturated rings. The van der Waals surface area contributed by atoms with Crippen molar-refractivity contribution in [3.05, 3.63) is 0 Å². The SMILES string of the molecule is CCC1[C@H](O)C[C@H](OCOC)[C@H]1COCOC. The van der Waals surface area contributed by atoms with Crippen LogP contribution in [0.3, 0.4) is 0 Å². The highest BCUT2D eigenvalue weighted by Gasteiger charge is 2.42. The van der Waals surface area contributed by atoms with E-state index >= 15 is 0 Å². The standard InChI is InChI=1S/C12H24O5/c1-4-9-10(6-16-7-14-2)12(5-11(9)13)17-8-15-3/h9-13H,4-8H2,1-3H3/t9?,10-,11+,12-/m0/s1. The van der Waals surface area contributed by atoms with Crippen molar-refractivity contribution in [2.75, 3.05) is 34.4 Å². The second-order valence-corrected chi connectivity index (χ2v) is 4.43. The van der Waals surface area contributed by atoms with Crippen LogP contribution in [-0.4, -0.2) is 51.7 Å². The Morgan fingerprint density at radius 3 is 2.41 bits per heavy atom. The monoisotopic (exact) mass is 248 g/mol. The molecule has 5 nitrogen and oxygen atoms in total. The van der Waals surface area contributed by atoms with Gasteiger partial charge in [-0.2, -0.15) is 0 Å². The van der Waals surface area contributed by atoms with Gasteiger partial charge in [-0.3, -0.25) is 0 Å². The van der Waals surface area contributed by atoms with Gasteiger partial charge in [0.1, 0.15) is 13.6 Å². The molecule has 1 aliphatic rings. The molecular weight excluding hydrogens is 224 g/mol. The van der Waals surface area contributed by atoms with Crippen LogP contribution in [0.5, 0.6) is 0 Å². The van der Waals surface area contributed by atoms with Crippen molar-refractivity contribution < 1.29 is 24.1 Å². The summed E-state index contributed by atoms with van der Waals surface area (Å²) in [5.41, 5.74) is 0. The second-order valence-electron chi connectivity index (χ2n) is 4.43. The van der Waals surface area contributed by atoms with Crippen LogP contribution in [-0.2, 0) is 18.9 Å². The molecule has 0 spiro atoms. The summed E-state index contributed by atoms with van der Waals surface area (Å²) in [4.78, 5) is 0. The minimum Gasteiger partial charge on any atom is -0.393 e. The van der Waals surface area contributed by atoms with Gasteiger partial charge in [0, 0.05) is 26.6 Å². The number of aliphatic hydroxyl groups excluding tert-OH is 1. The topological polar surface area (TPSA) is 57.2 Å². The smallest absolute Gasteiger partial charge is 0.146 e. The van der Waals surface area contributed by atoms with E-state index in [1.807, 2.05) is 0 Å². The third-order valence-corrected chi connectivity index (χ3v) is 3.38. The van der Waals surface area contributed by atoms with Crippen molar-refractivity contribution in [2.45, 2.75) is 32.0 Å². The number of hydrogen-bond acceptors (Lipinski definition) is 5. The molecule has 0 radical (unpaired) electrons. The van der Waals surface area contributed by atoms with E-state index in [1.165, 1.54) is 0 Å². The first-order valence-corrected chi connectivity index (χ1v) is 6.09. The van der Waals surface area contributed by atoms with E-state index < -0.39 is 0 Å². The molecule has 1 saturated carbocycles. The van der Waals surface area contributed by atoms with Crippen molar-refractivity contribution in [3.8, 4) is 0 Å². The van der Waals surface area contributed by atoms with Crippen LogP contribution >= 0.6 is 0 Å². The maximum atomic E-state index is 9.98. The zero-order valence-electron chi connectivity index (χ0n) is 10.9. The van der Waals surface area contributed by atoms with Crippen molar-refractivity contribution >= 4 is 0 Å². The number of methoxy groups -OCH3 is 2. The highest BCUT2D eigenvalue weighted by Crippen LogP contribution is 2.36. The summed E-state index contributed by atoms with van der Waals surface area (Å²) in [6.45, 7) is 3.17. The van der Waals surface area contributed by atoms with Crippen LogP contribution in [0.25, 0.3) is 0 Å². The zero-order chi connectivity index (χ0) is 12.7. The average Bonchev–Trinajstić information content (AvgIpc) is 2.63. The van der Waals surface area contributed by atoms with Crippen molar-refractivity contribution in [1.82, 2.24) is 0 Å². The molecule has 1 unspecified atom stereocenters. The maximum Gasteiger partial charge on any atom is 0.146 e. The Kier molecular flexibility index (Phi) is 6.99. The molecule has 17 heavy (non-hydrogen) atoms. The van der Waals surface area contributed by atoms with E-state index in [2.05, 4.69) is 6.92 Å². The van der Waals surface area contributed by atoms with Gasteiger partial charge in [0.25, 0.3) is 0 Å². The number of hydrogen-bond donors (Lipinski definition) is 1. The molecule has 0 aromatic rings. The lowest BCUT2D eigenvalue weighted by Gasteiger charge is -2.24. The summed E-state index contributed by atoms with van der Waals surface area (Å²) < 4.78 is 20.8. The Bertz CT molecular complexity index is 199. The van der Waals surface area contributed by atoms with Crippen molar-refractivity contribution in [3.63, 3.8) is 0 Å². The van der Waals surface area contributed by atoms with E-state index in [0.717, 1.165) is 6.42 Å². The van der Waals surface area contributed by atoms with E-state index in [9.17, 15) is 5.11 Å². The van der Waals surface area contributed by atoms with Crippen molar-refractivity contribution in [2.24, 2.45) is 11.8 Å². The van der Waals surface area contributed by atoms with Gasteiger partial charge in [-0.15, -0.1) is 0 Å². The van der Waals surface area contributed by atoms with E-state index in [1.54, 1.807) is 14.2 Å². The second kappa shape index (κ2) is 8.00. The molecule has 5 heteroatoms. The summed E-state index contributed by atoms with van der Waals surface area (Å²) in [7, 11) is 3.19. The number of aliphatic hydroxyl groups is 1. The summed E-state index contributed by atoms with van der Waals surface area (Å²) in [6, 6.07) is 0. The molecule has 0 aromatic carbocycles. The molecular formula is C12H24O5. The van der Waals surface area contributed by atoms with Gasteiger partial charge in [0.2, 0.25) is 0 Å². The summed E-state index contributed by atoms with van der Waals surface area (Å²) >= 11 is 0. The fraction of sp³-hybridized carbons (Fsp3) is 1.00. The zero-order valence-corrected chi connectivity index (χ0v) is 10.9. The van der Waals surface area contributed by atoms with Crippen LogP contribution in [0, 0.1) is 11.8 Å². The van der Waals surface area contributed by atoms with Gasteiger partial charge < -0.3 is 24.1 Å². The van der Waals surface area contributed by atoms with Crippen LogP contribution in [0.1, 0.15) is 19.8 Å². The highest BCUT2D eigenvalue weighted by atomic mass is 16.7. The molecule has 4 atom stereocenters. The molecule has 0 saturated heterocycles. The predicted molar refractivity (Wildman–Crippen MR) is 62.5 cm³/mol. The minimum atomic E-state index is -0.307. The van der Waals surface area contributed by atoms with E-state index in [-0.39, 0.29) is 37.6 Å². The quantitative estimate of drug-likeness (QED) is 0.513. The molecule has 0 amide bonds. The Labute approximate surface area is 103 Å².